The quantitative estimate of drug-likeness (QED) is 0.681. The van der Waals surface area contributed by atoms with E-state index >= 15 is 0 Å². The van der Waals surface area contributed by atoms with Crippen molar-refractivity contribution in [2.75, 3.05) is 0 Å². The largest absolute Gasteiger partial charge is 0.414 e. The van der Waals surface area contributed by atoms with Gasteiger partial charge in [0.2, 0.25) is 0 Å². The number of hydrogen-bond donors (Lipinski definition) is 0. The Labute approximate surface area is 71.2 Å². The van der Waals surface area contributed by atoms with Gasteiger partial charge in [-0.1, -0.05) is 0 Å². The number of pyridine rings is 1. The fourth-order valence-corrected chi connectivity index (χ4v) is 0.670. The maximum atomic E-state index is 12.6. The lowest BCUT2D eigenvalue weighted by atomic mass is 10.4. The number of aldehydes is 1. The van der Waals surface area contributed by atoms with Crippen molar-refractivity contribution in [1.29, 1.82) is 0 Å². The molecule has 0 saturated carbocycles. The molecule has 3 nitrogen and oxygen atoms in total. The first-order chi connectivity index (χ1) is 6.13. The summed E-state index contributed by atoms with van der Waals surface area (Å²) in [5, 5.41) is 0. The topological polar surface area (TPSA) is 39.2 Å². The SMILES string of the molecule is O=Cc1ccc(F)c(OC(F)F)n1. The Morgan fingerprint density at radius 1 is 1.46 bits per heavy atom. The minimum atomic E-state index is -3.16. The van der Waals surface area contributed by atoms with Gasteiger partial charge in [0.15, 0.2) is 12.1 Å². The average Bonchev–Trinajstić information content (AvgIpc) is 2.08. The van der Waals surface area contributed by atoms with Gasteiger partial charge in [-0.2, -0.15) is 8.78 Å². The zero-order chi connectivity index (χ0) is 9.84. The summed E-state index contributed by atoms with van der Waals surface area (Å²) in [7, 11) is 0. The molecule has 0 spiro atoms. The van der Waals surface area contributed by atoms with Crippen LogP contribution in [0, 0.1) is 5.82 Å². The van der Waals surface area contributed by atoms with E-state index in [1.165, 1.54) is 0 Å². The van der Waals surface area contributed by atoms with Crippen molar-refractivity contribution in [1.82, 2.24) is 4.98 Å². The highest BCUT2D eigenvalue weighted by Gasteiger charge is 2.11. The normalized spacial score (nSPS) is 10.2. The first-order valence-electron chi connectivity index (χ1n) is 3.20. The number of carbonyl (C=O) groups excluding carboxylic acids is 1. The van der Waals surface area contributed by atoms with E-state index in [0.717, 1.165) is 12.1 Å². The zero-order valence-corrected chi connectivity index (χ0v) is 6.21. The van der Waals surface area contributed by atoms with E-state index < -0.39 is 18.3 Å². The molecule has 0 bridgehead atoms. The maximum Gasteiger partial charge on any atom is 0.388 e. The molecule has 1 aromatic heterocycles. The van der Waals surface area contributed by atoms with Crippen molar-refractivity contribution in [3.05, 3.63) is 23.6 Å². The van der Waals surface area contributed by atoms with Gasteiger partial charge < -0.3 is 4.74 Å². The minimum Gasteiger partial charge on any atom is -0.414 e. The van der Waals surface area contributed by atoms with E-state index in [0.29, 0.717) is 6.29 Å². The Hall–Kier alpha value is -1.59. The summed E-state index contributed by atoms with van der Waals surface area (Å²) >= 11 is 0. The molecule has 0 aliphatic rings. The molecule has 6 heteroatoms. The lowest BCUT2D eigenvalue weighted by molar-refractivity contribution is -0.0554. The number of aromatic nitrogens is 1. The van der Waals surface area contributed by atoms with Gasteiger partial charge in [0, 0.05) is 0 Å². The third-order valence-electron chi connectivity index (χ3n) is 1.16. The van der Waals surface area contributed by atoms with Crippen LogP contribution >= 0.6 is 0 Å². The monoisotopic (exact) mass is 191 g/mol. The highest BCUT2D eigenvalue weighted by molar-refractivity contribution is 5.71. The second-order valence-corrected chi connectivity index (χ2v) is 2.02. The third-order valence-corrected chi connectivity index (χ3v) is 1.16. The van der Waals surface area contributed by atoms with Crippen LogP contribution in [0.15, 0.2) is 12.1 Å². The Kier molecular flexibility index (Phi) is 2.84. The molecule has 0 unspecified atom stereocenters. The van der Waals surface area contributed by atoms with Crippen LogP contribution < -0.4 is 4.74 Å². The maximum absolute atomic E-state index is 12.6. The molecule has 0 N–H and O–H groups in total. The fraction of sp³-hybridized carbons (Fsp3) is 0.143. The molecule has 0 radical (unpaired) electrons. The number of alkyl halides is 2. The molecule has 1 heterocycles. The van der Waals surface area contributed by atoms with Crippen LogP contribution in [0.4, 0.5) is 13.2 Å². The van der Waals surface area contributed by atoms with Crippen LogP contribution in [0.2, 0.25) is 0 Å². The second-order valence-electron chi connectivity index (χ2n) is 2.02. The highest BCUT2D eigenvalue weighted by atomic mass is 19.3. The summed E-state index contributed by atoms with van der Waals surface area (Å²) in [6.07, 6.45) is 0.303. The van der Waals surface area contributed by atoms with Crippen molar-refractivity contribution in [2.24, 2.45) is 0 Å². The number of halogens is 3. The van der Waals surface area contributed by atoms with E-state index in [4.69, 9.17) is 0 Å². The van der Waals surface area contributed by atoms with Crippen LogP contribution in [-0.2, 0) is 0 Å². The van der Waals surface area contributed by atoms with Crippen LogP contribution in [0.3, 0.4) is 0 Å². The van der Waals surface area contributed by atoms with Crippen LogP contribution in [0.25, 0.3) is 0 Å². The lowest BCUT2D eigenvalue weighted by Gasteiger charge is -2.03. The highest BCUT2D eigenvalue weighted by Crippen LogP contribution is 2.15. The van der Waals surface area contributed by atoms with Gasteiger partial charge in [0.1, 0.15) is 5.69 Å². The van der Waals surface area contributed by atoms with E-state index in [-0.39, 0.29) is 5.69 Å². The van der Waals surface area contributed by atoms with E-state index in [2.05, 4.69) is 9.72 Å². The molecule has 0 saturated heterocycles. The molecule has 0 atom stereocenters. The zero-order valence-electron chi connectivity index (χ0n) is 6.21. The summed E-state index contributed by atoms with van der Waals surface area (Å²) in [5.74, 6) is -1.91. The van der Waals surface area contributed by atoms with Gasteiger partial charge >= 0.3 is 6.61 Å². The van der Waals surface area contributed by atoms with Crippen molar-refractivity contribution in [3.8, 4) is 5.88 Å². The summed E-state index contributed by atoms with van der Waals surface area (Å²) < 4.78 is 39.6. The van der Waals surface area contributed by atoms with Crippen LogP contribution in [-0.4, -0.2) is 17.9 Å². The van der Waals surface area contributed by atoms with Gasteiger partial charge in [-0.05, 0) is 12.1 Å². The molecule has 1 rings (SSSR count). The van der Waals surface area contributed by atoms with Crippen molar-refractivity contribution >= 4 is 6.29 Å². The summed E-state index contributed by atoms with van der Waals surface area (Å²) in [6, 6.07) is 1.88. The second kappa shape index (κ2) is 3.88. The average molecular weight is 191 g/mol. The first kappa shape index (κ1) is 9.50. The predicted octanol–water partition coefficient (Wildman–Crippen LogP) is 1.63. The molecule has 13 heavy (non-hydrogen) atoms. The molecule has 0 aliphatic heterocycles. The van der Waals surface area contributed by atoms with Crippen LogP contribution in [0.1, 0.15) is 10.5 Å². The molecule has 0 aliphatic carbocycles. The Bertz CT molecular complexity index is 317. The third kappa shape index (κ3) is 2.43. The van der Waals surface area contributed by atoms with E-state index in [1.54, 1.807) is 0 Å². The Balaban J connectivity index is 2.96. The molecule has 1 aromatic rings. The van der Waals surface area contributed by atoms with E-state index in [9.17, 15) is 18.0 Å². The molecule has 70 valence electrons. The molecule has 0 aromatic carbocycles. The summed E-state index contributed by atoms with van der Waals surface area (Å²) in [5.41, 5.74) is -0.169. The predicted molar refractivity (Wildman–Crippen MR) is 36.2 cm³/mol. The fourth-order valence-electron chi connectivity index (χ4n) is 0.670. The number of hydrogen-bond acceptors (Lipinski definition) is 3. The molecule has 0 fully saturated rings. The van der Waals surface area contributed by atoms with Crippen molar-refractivity contribution in [2.45, 2.75) is 6.61 Å². The lowest BCUT2D eigenvalue weighted by Crippen LogP contribution is -2.06. The Morgan fingerprint density at radius 3 is 2.69 bits per heavy atom. The first-order valence-corrected chi connectivity index (χ1v) is 3.20. The smallest absolute Gasteiger partial charge is 0.388 e. The molecule has 0 amide bonds. The molecular weight excluding hydrogens is 187 g/mol. The molecular formula is C7H4F3NO2. The standard InChI is InChI=1S/C7H4F3NO2/c8-5-2-1-4(3-12)11-6(5)13-7(9)10/h1-3,7H. The van der Waals surface area contributed by atoms with Gasteiger partial charge in [-0.15, -0.1) is 0 Å². The number of rotatable bonds is 3. The van der Waals surface area contributed by atoms with Gasteiger partial charge in [-0.25, -0.2) is 9.37 Å². The summed E-state index contributed by atoms with van der Waals surface area (Å²) in [6.45, 7) is -3.16. The minimum absolute atomic E-state index is 0.169. The summed E-state index contributed by atoms with van der Waals surface area (Å²) in [4.78, 5) is 13.3. The number of carbonyl (C=O) groups is 1. The Morgan fingerprint density at radius 2 is 2.15 bits per heavy atom. The number of ether oxygens (including phenoxy) is 1. The van der Waals surface area contributed by atoms with Gasteiger partial charge in [0.05, 0.1) is 0 Å². The van der Waals surface area contributed by atoms with E-state index in [1.807, 2.05) is 0 Å². The van der Waals surface area contributed by atoms with Crippen molar-refractivity contribution in [3.63, 3.8) is 0 Å². The van der Waals surface area contributed by atoms with Gasteiger partial charge in [0.25, 0.3) is 5.88 Å². The van der Waals surface area contributed by atoms with Gasteiger partial charge in [-0.3, -0.25) is 4.79 Å². The van der Waals surface area contributed by atoms with Crippen molar-refractivity contribution < 1.29 is 22.7 Å². The number of nitrogens with zero attached hydrogens (tertiary/aromatic N) is 1. The van der Waals surface area contributed by atoms with Crippen LogP contribution in [0.5, 0.6) is 5.88 Å².